The van der Waals surface area contributed by atoms with Crippen LogP contribution in [0.1, 0.15) is 61.6 Å². The Morgan fingerprint density at radius 1 is 1.00 bits per heavy atom. The maximum absolute atomic E-state index is 6.54. The molecule has 0 bridgehead atoms. The van der Waals surface area contributed by atoms with E-state index in [1.165, 1.54) is 61.6 Å². The lowest BCUT2D eigenvalue weighted by Gasteiger charge is -2.27. The Balaban J connectivity index is 2.00. The van der Waals surface area contributed by atoms with E-state index >= 15 is 0 Å². The quantitative estimate of drug-likeness (QED) is 0.847. The summed E-state index contributed by atoms with van der Waals surface area (Å²) in [6, 6.07) is 6.92. The Bertz CT molecular complexity index is 368. The van der Waals surface area contributed by atoms with Gasteiger partial charge in [-0.05, 0) is 55.7 Å². The van der Waals surface area contributed by atoms with Crippen LogP contribution in [0.3, 0.4) is 0 Å². The normalized spacial score (nSPS) is 19.7. The van der Waals surface area contributed by atoms with Gasteiger partial charge in [-0.15, -0.1) is 0 Å². The molecule has 2 rings (SSSR count). The third kappa shape index (κ3) is 4.07. The first kappa shape index (κ1) is 14.6. The number of hydrogen-bond acceptors (Lipinski definition) is 1. The minimum atomic E-state index is 0.345. The van der Waals surface area contributed by atoms with Gasteiger partial charge in [-0.3, -0.25) is 0 Å². The van der Waals surface area contributed by atoms with E-state index in [-0.39, 0.29) is 0 Å². The van der Waals surface area contributed by atoms with E-state index in [2.05, 4.69) is 32.0 Å². The van der Waals surface area contributed by atoms with Gasteiger partial charge < -0.3 is 5.73 Å². The first-order valence-corrected chi connectivity index (χ1v) is 7.99. The second-order valence-electron chi connectivity index (χ2n) is 6.34. The Hall–Kier alpha value is -0.820. The van der Waals surface area contributed by atoms with Crippen LogP contribution in [0.5, 0.6) is 0 Å². The summed E-state index contributed by atoms with van der Waals surface area (Å²) in [6.07, 6.45) is 10.7. The van der Waals surface area contributed by atoms with Crippen LogP contribution in [0, 0.1) is 19.8 Å². The lowest BCUT2D eigenvalue weighted by atomic mass is 9.82. The topological polar surface area (TPSA) is 26.0 Å². The first-order chi connectivity index (χ1) is 9.18. The summed E-state index contributed by atoms with van der Waals surface area (Å²) in [7, 11) is 0. The van der Waals surface area contributed by atoms with Gasteiger partial charge in [0, 0.05) is 6.04 Å². The molecule has 1 atom stereocenters. The second kappa shape index (κ2) is 7.09. The van der Waals surface area contributed by atoms with Crippen LogP contribution < -0.4 is 5.73 Å². The van der Waals surface area contributed by atoms with Crippen molar-refractivity contribution in [3.05, 3.63) is 34.9 Å². The molecule has 0 radical (unpaired) electrons. The maximum Gasteiger partial charge on any atom is 0.0108 e. The summed E-state index contributed by atoms with van der Waals surface area (Å²) in [5.41, 5.74) is 10.8. The SMILES string of the molecule is Cc1cccc(C)c1CC(N)C1CCCCCCC1. The van der Waals surface area contributed by atoms with E-state index in [1.807, 2.05) is 0 Å². The van der Waals surface area contributed by atoms with E-state index in [9.17, 15) is 0 Å². The molecule has 1 nitrogen and oxygen atoms in total. The molecule has 1 unspecified atom stereocenters. The Labute approximate surface area is 118 Å². The summed E-state index contributed by atoms with van der Waals surface area (Å²) in [5.74, 6) is 0.735. The molecule has 1 aliphatic rings. The highest BCUT2D eigenvalue weighted by atomic mass is 14.6. The van der Waals surface area contributed by atoms with E-state index in [4.69, 9.17) is 5.73 Å². The van der Waals surface area contributed by atoms with Crippen LogP contribution in [-0.4, -0.2) is 6.04 Å². The van der Waals surface area contributed by atoms with Gasteiger partial charge in [0.1, 0.15) is 0 Å². The number of hydrogen-bond donors (Lipinski definition) is 1. The fraction of sp³-hybridized carbons (Fsp3) is 0.667. The van der Waals surface area contributed by atoms with Gasteiger partial charge in [0.2, 0.25) is 0 Å². The predicted octanol–water partition coefficient (Wildman–Crippen LogP) is 4.53. The van der Waals surface area contributed by atoms with Gasteiger partial charge in [0.25, 0.3) is 0 Å². The van der Waals surface area contributed by atoms with Crippen molar-refractivity contribution >= 4 is 0 Å². The molecule has 0 saturated heterocycles. The molecule has 0 aromatic heterocycles. The van der Waals surface area contributed by atoms with Crippen molar-refractivity contribution in [1.82, 2.24) is 0 Å². The number of nitrogens with two attached hydrogens (primary N) is 1. The molecule has 0 amide bonds. The predicted molar refractivity (Wildman–Crippen MR) is 83.4 cm³/mol. The van der Waals surface area contributed by atoms with Gasteiger partial charge >= 0.3 is 0 Å². The molecule has 19 heavy (non-hydrogen) atoms. The monoisotopic (exact) mass is 259 g/mol. The summed E-state index contributed by atoms with van der Waals surface area (Å²) >= 11 is 0. The fourth-order valence-corrected chi connectivity index (χ4v) is 3.49. The van der Waals surface area contributed by atoms with Crippen molar-refractivity contribution in [2.24, 2.45) is 11.7 Å². The van der Waals surface area contributed by atoms with Gasteiger partial charge in [-0.25, -0.2) is 0 Å². The summed E-state index contributed by atoms with van der Waals surface area (Å²) in [5, 5.41) is 0. The van der Waals surface area contributed by atoms with Crippen LogP contribution in [0.25, 0.3) is 0 Å². The maximum atomic E-state index is 6.54. The Kier molecular flexibility index (Phi) is 5.45. The fourth-order valence-electron chi connectivity index (χ4n) is 3.49. The first-order valence-electron chi connectivity index (χ1n) is 7.99. The highest BCUT2D eigenvalue weighted by molar-refractivity contribution is 5.34. The van der Waals surface area contributed by atoms with Crippen LogP contribution >= 0.6 is 0 Å². The molecular weight excluding hydrogens is 230 g/mol. The third-order valence-corrected chi connectivity index (χ3v) is 4.84. The second-order valence-corrected chi connectivity index (χ2v) is 6.34. The lowest BCUT2D eigenvalue weighted by Crippen LogP contribution is -2.33. The van der Waals surface area contributed by atoms with Crippen molar-refractivity contribution < 1.29 is 0 Å². The molecular formula is C18H29N. The van der Waals surface area contributed by atoms with Gasteiger partial charge in [-0.2, -0.15) is 0 Å². The Morgan fingerprint density at radius 3 is 2.11 bits per heavy atom. The number of benzene rings is 1. The third-order valence-electron chi connectivity index (χ3n) is 4.84. The molecule has 1 aromatic rings. The molecule has 0 heterocycles. The van der Waals surface area contributed by atoms with Gasteiger partial charge in [0.05, 0.1) is 0 Å². The Morgan fingerprint density at radius 2 is 1.53 bits per heavy atom. The molecule has 106 valence electrons. The van der Waals surface area contributed by atoms with Crippen LogP contribution in [-0.2, 0) is 6.42 Å². The highest BCUT2D eigenvalue weighted by Gasteiger charge is 2.20. The average Bonchev–Trinajstić information content (AvgIpc) is 2.33. The minimum absolute atomic E-state index is 0.345. The zero-order chi connectivity index (χ0) is 13.7. The van der Waals surface area contributed by atoms with Crippen molar-refractivity contribution in [3.8, 4) is 0 Å². The summed E-state index contributed by atoms with van der Waals surface area (Å²) in [4.78, 5) is 0. The average molecular weight is 259 g/mol. The van der Waals surface area contributed by atoms with E-state index in [0.29, 0.717) is 6.04 Å². The van der Waals surface area contributed by atoms with Crippen molar-refractivity contribution in [2.75, 3.05) is 0 Å². The number of rotatable bonds is 3. The molecule has 2 N–H and O–H groups in total. The standard InChI is InChI=1S/C18H29N/c1-14-9-8-10-15(2)17(14)13-18(19)16-11-6-4-3-5-7-12-16/h8-10,16,18H,3-7,11-13,19H2,1-2H3. The smallest absolute Gasteiger partial charge is 0.0108 e. The summed E-state index contributed by atoms with van der Waals surface area (Å²) in [6.45, 7) is 4.43. The molecule has 1 aromatic carbocycles. The van der Waals surface area contributed by atoms with Crippen molar-refractivity contribution in [2.45, 2.75) is 71.3 Å². The minimum Gasteiger partial charge on any atom is -0.327 e. The molecule has 0 spiro atoms. The highest BCUT2D eigenvalue weighted by Crippen LogP contribution is 2.26. The van der Waals surface area contributed by atoms with Gasteiger partial charge in [-0.1, -0.05) is 50.3 Å². The zero-order valence-electron chi connectivity index (χ0n) is 12.6. The van der Waals surface area contributed by atoms with Crippen LogP contribution in [0.4, 0.5) is 0 Å². The largest absolute Gasteiger partial charge is 0.327 e. The molecule has 1 fully saturated rings. The van der Waals surface area contributed by atoms with Crippen LogP contribution in [0.2, 0.25) is 0 Å². The molecule has 0 aliphatic heterocycles. The number of aryl methyl sites for hydroxylation is 2. The van der Waals surface area contributed by atoms with Crippen molar-refractivity contribution in [3.63, 3.8) is 0 Å². The van der Waals surface area contributed by atoms with Crippen molar-refractivity contribution in [1.29, 1.82) is 0 Å². The van der Waals surface area contributed by atoms with E-state index < -0.39 is 0 Å². The van der Waals surface area contributed by atoms with E-state index in [0.717, 1.165) is 12.3 Å². The molecule has 1 heteroatoms. The van der Waals surface area contributed by atoms with Crippen LogP contribution in [0.15, 0.2) is 18.2 Å². The van der Waals surface area contributed by atoms with E-state index in [1.54, 1.807) is 0 Å². The molecule has 1 saturated carbocycles. The molecule has 1 aliphatic carbocycles. The summed E-state index contributed by atoms with van der Waals surface area (Å²) < 4.78 is 0. The van der Waals surface area contributed by atoms with Gasteiger partial charge in [0.15, 0.2) is 0 Å². The lowest BCUT2D eigenvalue weighted by molar-refractivity contribution is 0.321. The zero-order valence-corrected chi connectivity index (χ0v) is 12.6.